The summed E-state index contributed by atoms with van der Waals surface area (Å²) >= 11 is 0. The van der Waals surface area contributed by atoms with Crippen molar-refractivity contribution in [3.63, 3.8) is 0 Å². The normalized spacial score (nSPS) is 12.1. The molecule has 0 fully saturated rings. The fourth-order valence-corrected chi connectivity index (χ4v) is 3.17. The second-order valence-electron chi connectivity index (χ2n) is 7.78. The Hall–Kier alpha value is -1.53. The third kappa shape index (κ3) is 7.13. The van der Waals surface area contributed by atoms with E-state index in [1.807, 2.05) is 12.1 Å². The first kappa shape index (κ1) is 24.5. The highest BCUT2D eigenvalue weighted by atomic mass is 127. The summed E-state index contributed by atoms with van der Waals surface area (Å²) in [7, 11) is 8.23. The molecule has 154 valence electrons. The van der Waals surface area contributed by atoms with E-state index in [9.17, 15) is 0 Å². The van der Waals surface area contributed by atoms with Gasteiger partial charge in [0, 0.05) is 0 Å². The van der Waals surface area contributed by atoms with Gasteiger partial charge in [-0.1, -0.05) is 38.1 Å². The van der Waals surface area contributed by atoms with E-state index in [1.165, 1.54) is 22.3 Å². The molecular weight excluding hydrogens is 461 g/mol. The third-order valence-electron chi connectivity index (χ3n) is 4.74. The number of benzene rings is 2. The molecule has 0 spiro atoms. The van der Waals surface area contributed by atoms with Gasteiger partial charge in [0.05, 0.1) is 28.3 Å². The number of rotatable bonds is 9. The van der Waals surface area contributed by atoms with Gasteiger partial charge in [0.15, 0.2) is 0 Å². The molecule has 0 aliphatic rings. The van der Waals surface area contributed by atoms with Crippen LogP contribution in [0.15, 0.2) is 48.5 Å². The number of halogens is 1. The second-order valence-corrected chi connectivity index (χ2v) is 7.78. The lowest BCUT2D eigenvalue weighted by Crippen LogP contribution is -3.00. The Labute approximate surface area is 188 Å². The van der Waals surface area contributed by atoms with Gasteiger partial charge >= 0.3 is 0 Å². The summed E-state index contributed by atoms with van der Waals surface area (Å²) in [6, 6.07) is 16.9. The lowest BCUT2D eigenvalue weighted by atomic mass is 9.91. The van der Waals surface area contributed by atoms with Crippen LogP contribution >= 0.6 is 0 Å². The zero-order valence-corrected chi connectivity index (χ0v) is 20.2. The highest BCUT2D eigenvalue weighted by Crippen LogP contribution is 2.32. The quantitative estimate of drug-likeness (QED) is 0.303. The van der Waals surface area contributed by atoms with Crippen LogP contribution in [0, 0.1) is 0 Å². The molecule has 0 atom stereocenters. The van der Waals surface area contributed by atoms with Crippen molar-refractivity contribution < 1.29 is 37.9 Å². The molecule has 0 saturated carbocycles. The maximum Gasteiger partial charge on any atom is 0.137 e. The maximum absolute atomic E-state index is 5.90. The van der Waals surface area contributed by atoms with Crippen LogP contribution in [0.1, 0.15) is 37.8 Å². The fraction of sp³-hybridized carbons (Fsp3) is 0.417. The Morgan fingerprint density at radius 1 is 0.750 bits per heavy atom. The number of nitrogens with zero attached hydrogens (tertiary/aromatic N) is 1. The smallest absolute Gasteiger partial charge is 0.137 e. The van der Waals surface area contributed by atoms with E-state index in [0.29, 0.717) is 0 Å². The molecule has 3 nitrogen and oxygen atoms in total. The number of ether oxygens (including phenoxy) is 2. The molecule has 0 N–H and O–H groups in total. The number of methoxy groups -OCH3 is 1. The Bertz CT molecular complexity index is 744. The second kappa shape index (κ2) is 11.5. The third-order valence-corrected chi connectivity index (χ3v) is 4.74. The number of allylic oxidation sites excluding steroid dienone is 2. The Balaban J connectivity index is 0.00000392. The summed E-state index contributed by atoms with van der Waals surface area (Å²) in [4.78, 5) is 0. The number of likely N-dealkylation sites (N-methyl/N-ethyl adjacent to an activating group) is 1. The van der Waals surface area contributed by atoms with Crippen molar-refractivity contribution in [3.05, 3.63) is 59.7 Å². The van der Waals surface area contributed by atoms with Gasteiger partial charge < -0.3 is 37.9 Å². The molecule has 28 heavy (non-hydrogen) atoms. The highest BCUT2D eigenvalue weighted by Gasteiger charge is 2.10. The van der Waals surface area contributed by atoms with Gasteiger partial charge in [-0.2, -0.15) is 0 Å². The summed E-state index contributed by atoms with van der Waals surface area (Å²) in [5, 5.41) is 0. The highest BCUT2D eigenvalue weighted by molar-refractivity contribution is 5.90. The molecule has 0 bridgehead atoms. The van der Waals surface area contributed by atoms with Crippen molar-refractivity contribution in [2.24, 2.45) is 0 Å². The maximum atomic E-state index is 5.90. The van der Waals surface area contributed by atoms with E-state index in [-0.39, 0.29) is 24.0 Å². The molecule has 2 aromatic carbocycles. The molecule has 0 aromatic heterocycles. The molecule has 0 saturated heterocycles. The number of hydrogen-bond acceptors (Lipinski definition) is 2. The van der Waals surface area contributed by atoms with Crippen molar-refractivity contribution in [1.29, 1.82) is 0 Å². The standard InChI is InChI=1S/C24H34NO2.HI/c1-7-23(19-9-13-21(26-6)14-10-19)24(8-2)20-11-15-22(16-12-20)27-18-17-25(3,4)5;/h9-16H,7-8,17-18H2,1-6H3;1H/q+1;/p-1/b24-23-;. The minimum Gasteiger partial charge on any atom is -1.00 e. The van der Waals surface area contributed by atoms with E-state index < -0.39 is 0 Å². The average Bonchev–Trinajstić information content (AvgIpc) is 2.66. The summed E-state index contributed by atoms with van der Waals surface area (Å²) in [6.07, 6.45) is 1.99. The lowest BCUT2D eigenvalue weighted by molar-refractivity contribution is -0.870. The van der Waals surface area contributed by atoms with Gasteiger partial charge in [0.2, 0.25) is 0 Å². The molecule has 0 radical (unpaired) electrons. The van der Waals surface area contributed by atoms with Gasteiger partial charge in [-0.3, -0.25) is 0 Å². The number of hydrogen-bond donors (Lipinski definition) is 0. The molecule has 2 rings (SSSR count). The molecule has 2 aromatic rings. The van der Waals surface area contributed by atoms with Crippen LogP contribution in [0.3, 0.4) is 0 Å². The lowest BCUT2D eigenvalue weighted by Gasteiger charge is -2.23. The summed E-state index contributed by atoms with van der Waals surface area (Å²) < 4.78 is 12.1. The molecule has 0 aliphatic heterocycles. The molecule has 0 aliphatic carbocycles. The Kier molecular flexibility index (Phi) is 10.0. The zero-order chi connectivity index (χ0) is 19.9. The summed E-state index contributed by atoms with van der Waals surface area (Å²) in [5.74, 6) is 1.83. The van der Waals surface area contributed by atoms with Gasteiger partial charge in [0.1, 0.15) is 24.7 Å². The first-order chi connectivity index (χ1) is 12.9. The van der Waals surface area contributed by atoms with Crippen LogP contribution in [-0.2, 0) is 0 Å². The van der Waals surface area contributed by atoms with E-state index in [4.69, 9.17) is 9.47 Å². The topological polar surface area (TPSA) is 18.5 Å². The predicted molar refractivity (Wildman–Crippen MR) is 115 cm³/mol. The average molecular weight is 495 g/mol. The van der Waals surface area contributed by atoms with E-state index >= 15 is 0 Å². The van der Waals surface area contributed by atoms with Crippen LogP contribution in [-0.4, -0.2) is 45.9 Å². The first-order valence-corrected chi connectivity index (χ1v) is 9.78. The summed E-state index contributed by atoms with van der Waals surface area (Å²) in [5.41, 5.74) is 5.31. The van der Waals surface area contributed by atoms with Crippen molar-refractivity contribution in [3.8, 4) is 11.5 Å². The van der Waals surface area contributed by atoms with E-state index in [0.717, 1.165) is 42.0 Å². The van der Waals surface area contributed by atoms with Crippen molar-refractivity contribution in [2.75, 3.05) is 41.4 Å². The zero-order valence-electron chi connectivity index (χ0n) is 18.1. The Morgan fingerprint density at radius 2 is 1.18 bits per heavy atom. The molecule has 0 heterocycles. The van der Waals surface area contributed by atoms with Crippen molar-refractivity contribution in [1.82, 2.24) is 0 Å². The van der Waals surface area contributed by atoms with Gasteiger partial charge in [-0.15, -0.1) is 0 Å². The van der Waals surface area contributed by atoms with Crippen LogP contribution in [0.5, 0.6) is 11.5 Å². The Morgan fingerprint density at radius 3 is 1.54 bits per heavy atom. The van der Waals surface area contributed by atoms with E-state index in [1.54, 1.807) is 7.11 Å². The fourth-order valence-electron chi connectivity index (χ4n) is 3.17. The van der Waals surface area contributed by atoms with Crippen molar-refractivity contribution in [2.45, 2.75) is 26.7 Å². The SMILES string of the molecule is CC/C(=C(\CC)c1ccc(OCC[N+](C)(C)C)cc1)c1ccc(OC)cc1.[I-]. The monoisotopic (exact) mass is 495 g/mol. The first-order valence-electron chi connectivity index (χ1n) is 9.78. The minimum atomic E-state index is 0. The molecule has 0 amide bonds. The largest absolute Gasteiger partial charge is 1.00 e. The number of quaternary nitrogens is 1. The van der Waals surface area contributed by atoms with Crippen LogP contribution in [0.2, 0.25) is 0 Å². The van der Waals surface area contributed by atoms with Crippen LogP contribution in [0.4, 0.5) is 0 Å². The minimum absolute atomic E-state index is 0. The van der Waals surface area contributed by atoms with Gasteiger partial charge in [0.25, 0.3) is 0 Å². The molecular formula is C24H34INO2. The molecule has 0 unspecified atom stereocenters. The molecule has 4 heteroatoms. The predicted octanol–water partition coefficient (Wildman–Crippen LogP) is 2.52. The van der Waals surface area contributed by atoms with Crippen molar-refractivity contribution >= 4 is 11.1 Å². The van der Waals surface area contributed by atoms with Gasteiger partial charge in [-0.25, -0.2) is 0 Å². The summed E-state index contributed by atoms with van der Waals surface area (Å²) in [6.45, 7) is 6.16. The van der Waals surface area contributed by atoms with E-state index in [2.05, 4.69) is 71.4 Å². The van der Waals surface area contributed by atoms with Crippen LogP contribution in [0.25, 0.3) is 11.1 Å². The van der Waals surface area contributed by atoms with Crippen LogP contribution < -0.4 is 33.5 Å². The van der Waals surface area contributed by atoms with Gasteiger partial charge in [-0.05, 0) is 59.4 Å².